The monoisotopic (exact) mass is 349 g/mol. The molecule has 0 aliphatic rings. The number of fused-ring (bicyclic) bond motifs is 2. The molecule has 0 unspecified atom stereocenters. The summed E-state index contributed by atoms with van der Waals surface area (Å²) in [6.45, 7) is 0. The maximum absolute atomic E-state index is 13.0. The Morgan fingerprint density at radius 2 is 1.30 bits per heavy atom. The maximum atomic E-state index is 13.0. The predicted octanol–water partition coefficient (Wildman–Crippen LogP) is 5.68. The van der Waals surface area contributed by atoms with Gasteiger partial charge in [-0.3, -0.25) is 9.78 Å². The molecule has 0 aliphatic carbocycles. The van der Waals surface area contributed by atoms with E-state index in [4.69, 9.17) is 4.42 Å². The zero-order valence-electron chi connectivity index (χ0n) is 14.4. The first-order valence-corrected chi connectivity index (χ1v) is 8.78. The van der Waals surface area contributed by atoms with Crippen molar-refractivity contribution < 1.29 is 4.42 Å². The highest BCUT2D eigenvalue weighted by Crippen LogP contribution is 2.36. The molecule has 0 saturated carbocycles. The third-order valence-electron chi connectivity index (χ3n) is 4.73. The topological polar surface area (TPSA) is 43.1 Å². The van der Waals surface area contributed by atoms with E-state index in [9.17, 15) is 4.79 Å². The number of pyridine rings is 1. The highest BCUT2D eigenvalue weighted by Gasteiger charge is 2.18. The lowest BCUT2D eigenvalue weighted by Crippen LogP contribution is -2.04. The van der Waals surface area contributed by atoms with Gasteiger partial charge in [0.2, 0.25) is 5.43 Å². The molecule has 128 valence electrons. The Morgan fingerprint density at radius 1 is 0.667 bits per heavy atom. The van der Waals surface area contributed by atoms with Gasteiger partial charge >= 0.3 is 0 Å². The van der Waals surface area contributed by atoms with Crippen molar-refractivity contribution in [3.8, 4) is 22.4 Å². The minimum Gasteiger partial charge on any atom is -0.455 e. The lowest BCUT2D eigenvalue weighted by atomic mass is 9.97. The molecule has 3 aromatic carbocycles. The molecule has 3 nitrogen and oxygen atoms in total. The van der Waals surface area contributed by atoms with E-state index in [1.165, 1.54) is 0 Å². The van der Waals surface area contributed by atoms with Crippen molar-refractivity contribution >= 4 is 21.9 Å². The molecule has 27 heavy (non-hydrogen) atoms. The van der Waals surface area contributed by atoms with Crippen molar-refractivity contribution in [3.05, 3.63) is 101 Å². The Balaban J connectivity index is 1.97. The predicted molar refractivity (Wildman–Crippen MR) is 109 cm³/mol. The SMILES string of the molecule is O=c1c2ccccc2oc2c(-c3ccccc3)c(-c3ccccc3)ncc12. The summed E-state index contributed by atoms with van der Waals surface area (Å²) in [4.78, 5) is 17.7. The van der Waals surface area contributed by atoms with Crippen LogP contribution >= 0.6 is 0 Å². The first-order chi connectivity index (χ1) is 13.3. The van der Waals surface area contributed by atoms with Gasteiger partial charge in [-0.1, -0.05) is 72.8 Å². The molecule has 3 heteroatoms. The van der Waals surface area contributed by atoms with Crippen LogP contribution in [0, 0.1) is 0 Å². The molecule has 0 aliphatic heterocycles. The highest BCUT2D eigenvalue weighted by molar-refractivity contribution is 6.02. The molecule has 0 saturated heterocycles. The van der Waals surface area contributed by atoms with Gasteiger partial charge in [0.1, 0.15) is 11.2 Å². The first-order valence-electron chi connectivity index (χ1n) is 8.78. The van der Waals surface area contributed by atoms with Gasteiger partial charge in [-0.05, 0) is 17.7 Å². The summed E-state index contributed by atoms with van der Waals surface area (Å²) in [5.74, 6) is 0. The Hall–Kier alpha value is -3.72. The van der Waals surface area contributed by atoms with Gasteiger partial charge < -0.3 is 4.42 Å². The van der Waals surface area contributed by atoms with Crippen molar-refractivity contribution in [2.45, 2.75) is 0 Å². The summed E-state index contributed by atoms with van der Waals surface area (Å²) in [5, 5.41) is 1.06. The van der Waals surface area contributed by atoms with Crippen LogP contribution in [0.2, 0.25) is 0 Å². The average molecular weight is 349 g/mol. The fourth-order valence-electron chi connectivity index (χ4n) is 3.45. The first kappa shape index (κ1) is 15.5. The van der Waals surface area contributed by atoms with Crippen molar-refractivity contribution in [2.75, 3.05) is 0 Å². The number of aromatic nitrogens is 1. The van der Waals surface area contributed by atoms with Crippen LogP contribution in [-0.4, -0.2) is 4.98 Å². The minimum absolute atomic E-state index is 0.0591. The van der Waals surface area contributed by atoms with Crippen LogP contribution in [0.1, 0.15) is 0 Å². The smallest absolute Gasteiger partial charge is 0.202 e. The number of para-hydroxylation sites is 1. The fourth-order valence-corrected chi connectivity index (χ4v) is 3.45. The van der Waals surface area contributed by atoms with Crippen LogP contribution in [0.25, 0.3) is 44.3 Å². The Morgan fingerprint density at radius 3 is 2.04 bits per heavy atom. The number of hydrogen-bond donors (Lipinski definition) is 0. The summed E-state index contributed by atoms with van der Waals surface area (Å²) >= 11 is 0. The summed E-state index contributed by atoms with van der Waals surface area (Å²) in [7, 11) is 0. The quantitative estimate of drug-likeness (QED) is 0.385. The zero-order valence-corrected chi connectivity index (χ0v) is 14.4. The largest absolute Gasteiger partial charge is 0.455 e. The molecule has 5 rings (SSSR count). The lowest BCUT2D eigenvalue weighted by Gasteiger charge is -2.12. The van der Waals surface area contributed by atoms with E-state index < -0.39 is 0 Å². The van der Waals surface area contributed by atoms with Gasteiger partial charge in [0.15, 0.2) is 0 Å². The number of rotatable bonds is 2. The van der Waals surface area contributed by atoms with Gasteiger partial charge in [-0.15, -0.1) is 0 Å². The maximum Gasteiger partial charge on any atom is 0.202 e. The molecule has 0 atom stereocenters. The van der Waals surface area contributed by atoms with Gasteiger partial charge in [0, 0.05) is 11.8 Å². The van der Waals surface area contributed by atoms with E-state index in [0.717, 1.165) is 22.4 Å². The Bertz CT molecular complexity index is 1320. The minimum atomic E-state index is -0.0591. The summed E-state index contributed by atoms with van der Waals surface area (Å²) in [6.07, 6.45) is 1.63. The third kappa shape index (κ3) is 2.52. The zero-order chi connectivity index (χ0) is 18.2. The number of benzene rings is 3. The molecule has 2 heterocycles. The van der Waals surface area contributed by atoms with Crippen LogP contribution in [0.4, 0.5) is 0 Å². The van der Waals surface area contributed by atoms with Crippen molar-refractivity contribution in [3.63, 3.8) is 0 Å². The van der Waals surface area contributed by atoms with Gasteiger partial charge in [-0.25, -0.2) is 0 Å². The molecule has 0 radical (unpaired) electrons. The van der Waals surface area contributed by atoms with Crippen LogP contribution in [0.5, 0.6) is 0 Å². The summed E-state index contributed by atoms with van der Waals surface area (Å²) in [6, 6.07) is 27.2. The van der Waals surface area contributed by atoms with Gasteiger partial charge in [0.25, 0.3) is 0 Å². The highest BCUT2D eigenvalue weighted by atomic mass is 16.3. The van der Waals surface area contributed by atoms with Crippen molar-refractivity contribution in [1.82, 2.24) is 4.98 Å². The van der Waals surface area contributed by atoms with Gasteiger partial charge in [-0.2, -0.15) is 0 Å². The van der Waals surface area contributed by atoms with E-state index in [1.807, 2.05) is 78.9 Å². The number of hydrogen-bond acceptors (Lipinski definition) is 3. The molecular formula is C24H15NO2. The third-order valence-corrected chi connectivity index (χ3v) is 4.73. The van der Waals surface area contributed by atoms with Crippen LogP contribution in [0.3, 0.4) is 0 Å². The normalized spacial score (nSPS) is 11.1. The molecule has 0 spiro atoms. The van der Waals surface area contributed by atoms with Crippen molar-refractivity contribution in [1.29, 1.82) is 0 Å². The van der Waals surface area contributed by atoms with Crippen LogP contribution in [-0.2, 0) is 0 Å². The summed E-state index contributed by atoms with van der Waals surface area (Å²) < 4.78 is 6.23. The van der Waals surface area contributed by atoms with E-state index in [0.29, 0.717) is 21.9 Å². The average Bonchev–Trinajstić information content (AvgIpc) is 2.74. The lowest BCUT2D eigenvalue weighted by molar-refractivity contribution is 0.660. The second-order valence-electron chi connectivity index (χ2n) is 6.38. The van der Waals surface area contributed by atoms with Crippen LogP contribution < -0.4 is 5.43 Å². The Kier molecular flexibility index (Phi) is 3.58. The molecule has 5 aromatic rings. The van der Waals surface area contributed by atoms with E-state index in [2.05, 4.69) is 4.98 Å². The van der Waals surface area contributed by atoms with Gasteiger partial charge in [0.05, 0.1) is 22.0 Å². The molecule has 2 aromatic heterocycles. The van der Waals surface area contributed by atoms with E-state index in [1.54, 1.807) is 12.3 Å². The fraction of sp³-hybridized carbons (Fsp3) is 0. The van der Waals surface area contributed by atoms with E-state index in [-0.39, 0.29) is 5.43 Å². The molecule has 0 bridgehead atoms. The Labute approximate surface area is 155 Å². The summed E-state index contributed by atoms with van der Waals surface area (Å²) in [5.41, 5.74) is 4.67. The number of nitrogens with zero attached hydrogens (tertiary/aromatic N) is 1. The second kappa shape index (κ2) is 6.22. The molecule has 0 amide bonds. The molecule has 0 fully saturated rings. The van der Waals surface area contributed by atoms with Crippen molar-refractivity contribution in [2.24, 2.45) is 0 Å². The standard InChI is InChI=1S/C24H15NO2/c26-23-18-13-7-8-14-20(18)27-24-19(23)15-25-22(17-11-5-2-6-12-17)21(24)16-9-3-1-4-10-16/h1-15H. The molecule has 0 N–H and O–H groups in total. The van der Waals surface area contributed by atoms with Crippen LogP contribution in [0.15, 0.2) is 100 Å². The second-order valence-corrected chi connectivity index (χ2v) is 6.38. The van der Waals surface area contributed by atoms with E-state index >= 15 is 0 Å². The molecular weight excluding hydrogens is 334 g/mol.